The molecule has 0 aliphatic heterocycles. The Bertz CT molecular complexity index is 660. The van der Waals surface area contributed by atoms with Gasteiger partial charge in [0.25, 0.3) is 0 Å². The molecule has 0 aliphatic rings. The first-order chi connectivity index (χ1) is 9.74. The van der Waals surface area contributed by atoms with E-state index in [4.69, 9.17) is 5.84 Å². The maximum atomic E-state index is 5.68. The van der Waals surface area contributed by atoms with Crippen molar-refractivity contribution in [3.8, 4) is 0 Å². The van der Waals surface area contributed by atoms with E-state index >= 15 is 0 Å². The van der Waals surface area contributed by atoms with Gasteiger partial charge < -0.3 is 0 Å². The third-order valence-electron chi connectivity index (χ3n) is 3.23. The van der Waals surface area contributed by atoms with Crippen LogP contribution in [-0.2, 0) is 12.8 Å². The van der Waals surface area contributed by atoms with Gasteiger partial charge in [-0.2, -0.15) is 0 Å². The molecule has 2 heterocycles. The van der Waals surface area contributed by atoms with E-state index in [1.165, 1.54) is 5.56 Å². The summed E-state index contributed by atoms with van der Waals surface area (Å²) >= 11 is 5.09. The number of thiazole rings is 1. The summed E-state index contributed by atoms with van der Waals surface area (Å²) in [6.45, 7) is 0. The normalized spacial score (nSPS) is 12.9. The number of hydrogen-bond donors (Lipinski definition) is 2. The molecule has 0 spiro atoms. The van der Waals surface area contributed by atoms with Gasteiger partial charge in [0.15, 0.2) is 4.96 Å². The number of aromatic nitrogens is 2. The van der Waals surface area contributed by atoms with Crippen molar-refractivity contribution in [3.05, 3.63) is 57.8 Å². The number of halogens is 1. The average Bonchev–Trinajstić information content (AvgIpc) is 3.01. The first-order valence-corrected chi connectivity index (χ1v) is 8.03. The van der Waals surface area contributed by atoms with Crippen molar-refractivity contribution in [1.82, 2.24) is 14.8 Å². The minimum absolute atomic E-state index is 0.181. The lowest BCUT2D eigenvalue weighted by molar-refractivity contribution is 0.518. The summed E-state index contributed by atoms with van der Waals surface area (Å²) in [5, 5.41) is 2.03. The van der Waals surface area contributed by atoms with E-state index in [1.54, 1.807) is 11.3 Å². The highest BCUT2D eigenvalue weighted by atomic mass is 79.9. The molecule has 0 radical (unpaired) electrons. The van der Waals surface area contributed by atoms with Crippen molar-refractivity contribution in [3.63, 3.8) is 0 Å². The third-order valence-corrected chi connectivity index (χ3v) is 4.53. The molecule has 6 heteroatoms. The van der Waals surface area contributed by atoms with E-state index in [1.807, 2.05) is 16.0 Å². The predicted molar refractivity (Wildman–Crippen MR) is 85.7 cm³/mol. The molecule has 0 fully saturated rings. The number of imidazole rings is 1. The van der Waals surface area contributed by atoms with Crippen LogP contribution >= 0.6 is 27.3 Å². The van der Waals surface area contributed by atoms with Crippen LogP contribution in [0.1, 0.15) is 11.3 Å². The first-order valence-electron chi connectivity index (χ1n) is 6.36. The van der Waals surface area contributed by atoms with Gasteiger partial charge in [-0.15, -0.1) is 11.3 Å². The summed E-state index contributed by atoms with van der Waals surface area (Å²) in [6.07, 6.45) is 5.80. The van der Waals surface area contributed by atoms with Crippen molar-refractivity contribution in [1.29, 1.82) is 0 Å². The fourth-order valence-electron chi connectivity index (χ4n) is 2.22. The van der Waals surface area contributed by atoms with E-state index in [0.717, 1.165) is 28.0 Å². The number of nitrogens with zero attached hydrogens (tertiary/aromatic N) is 2. The van der Waals surface area contributed by atoms with Crippen molar-refractivity contribution >= 4 is 32.2 Å². The smallest absolute Gasteiger partial charge is 0.193 e. The minimum atomic E-state index is 0.181. The van der Waals surface area contributed by atoms with Crippen LogP contribution < -0.4 is 11.3 Å². The van der Waals surface area contributed by atoms with Gasteiger partial charge in [-0.25, -0.2) is 4.98 Å². The number of fused-ring (bicyclic) bond motifs is 1. The molecule has 0 aliphatic carbocycles. The lowest BCUT2D eigenvalue weighted by atomic mass is 10.0. The molecule has 1 aromatic carbocycles. The summed E-state index contributed by atoms with van der Waals surface area (Å²) in [5.41, 5.74) is 5.22. The molecule has 3 N–H and O–H groups in total. The first kappa shape index (κ1) is 13.8. The Labute approximate surface area is 129 Å². The second kappa shape index (κ2) is 6.05. The molecule has 0 saturated heterocycles. The lowest BCUT2D eigenvalue weighted by Gasteiger charge is -2.14. The second-order valence-corrected chi connectivity index (χ2v) is 6.51. The Kier molecular flexibility index (Phi) is 4.16. The highest BCUT2D eigenvalue weighted by Crippen LogP contribution is 2.15. The van der Waals surface area contributed by atoms with Gasteiger partial charge in [-0.3, -0.25) is 15.7 Å². The number of benzene rings is 1. The van der Waals surface area contributed by atoms with Crippen LogP contribution in [-0.4, -0.2) is 15.4 Å². The van der Waals surface area contributed by atoms with E-state index in [0.29, 0.717) is 0 Å². The summed E-state index contributed by atoms with van der Waals surface area (Å²) in [6, 6.07) is 8.51. The molecular formula is C14H15BrN4S. The van der Waals surface area contributed by atoms with Crippen molar-refractivity contribution in [2.24, 2.45) is 5.84 Å². The highest BCUT2D eigenvalue weighted by Gasteiger charge is 2.12. The maximum absolute atomic E-state index is 5.68. The summed E-state index contributed by atoms with van der Waals surface area (Å²) in [4.78, 5) is 5.62. The molecule has 4 nitrogen and oxygen atoms in total. The van der Waals surface area contributed by atoms with Gasteiger partial charge in [0.05, 0.1) is 5.69 Å². The highest BCUT2D eigenvalue weighted by molar-refractivity contribution is 9.10. The van der Waals surface area contributed by atoms with Crippen LogP contribution in [0.5, 0.6) is 0 Å². The van der Waals surface area contributed by atoms with Crippen LogP contribution in [0.3, 0.4) is 0 Å². The second-order valence-electron chi connectivity index (χ2n) is 4.72. The van der Waals surface area contributed by atoms with Gasteiger partial charge in [0.1, 0.15) is 0 Å². The Balaban J connectivity index is 1.70. The van der Waals surface area contributed by atoms with Crippen molar-refractivity contribution < 1.29 is 0 Å². The van der Waals surface area contributed by atoms with Gasteiger partial charge in [-0.05, 0) is 24.1 Å². The number of rotatable bonds is 5. The number of hydrogen-bond acceptors (Lipinski definition) is 4. The largest absolute Gasteiger partial charge is 0.297 e. The number of nitrogens with two attached hydrogens (primary N) is 1. The molecule has 0 bridgehead atoms. The van der Waals surface area contributed by atoms with Crippen LogP contribution in [0.25, 0.3) is 4.96 Å². The third kappa shape index (κ3) is 3.09. The lowest BCUT2D eigenvalue weighted by Crippen LogP contribution is -2.38. The van der Waals surface area contributed by atoms with Gasteiger partial charge >= 0.3 is 0 Å². The number of nitrogens with one attached hydrogen (secondary N) is 1. The van der Waals surface area contributed by atoms with E-state index < -0.39 is 0 Å². The standard InChI is InChI=1S/C14H15BrN4S/c15-11-3-1-10(2-4-11)7-12(18-16)8-13-9-19-5-6-20-14(19)17-13/h1-6,9,12,18H,7-8,16H2. The molecule has 104 valence electrons. The van der Waals surface area contributed by atoms with Gasteiger partial charge in [-0.1, -0.05) is 28.1 Å². The predicted octanol–water partition coefficient (Wildman–Crippen LogP) is 2.78. The average molecular weight is 351 g/mol. The Morgan fingerprint density at radius 3 is 2.80 bits per heavy atom. The molecule has 1 atom stereocenters. The van der Waals surface area contributed by atoms with E-state index in [9.17, 15) is 0 Å². The molecule has 3 rings (SSSR count). The van der Waals surface area contributed by atoms with E-state index in [2.05, 4.69) is 56.8 Å². The quantitative estimate of drug-likeness (QED) is 0.549. The molecule has 20 heavy (non-hydrogen) atoms. The van der Waals surface area contributed by atoms with Crippen molar-refractivity contribution in [2.75, 3.05) is 0 Å². The van der Waals surface area contributed by atoms with Crippen LogP contribution in [0.4, 0.5) is 0 Å². The van der Waals surface area contributed by atoms with Gasteiger partial charge in [0, 0.05) is 34.7 Å². The molecule has 3 aromatic rings. The fourth-order valence-corrected chi connectivity index (χ4v) is 3.21. The maximum Gasteiger partial charge on any atom is 0.193 e. The molecule has 2 aromatic heterocycles. The minimum Gasteiger partial charge on any atom is -0.297 e. The topological polar surface area (TPSA) is 55.3 Å². The SMILES string of the molecule is NNC(Cc1ccc(Br)cc1)Cc1cn2ccsc2n1. The van der Waals surface area contributed by atoms with Crippen LogP contribution in [0.15, 0.2) is 46.5 Å². The molecule has 1 unspecified atom stereocenters. The van der Waals surface area contributed by atoms with Gasteiger partial charge in [0.2, 0.25) is 0 Å². The molecule has 0 saturated carbocycles. The molecule has 0 amide bonds. The molecular weight excluding hydrogens is 336 g/mol. The summed E-state index contributed by atoms with van der Waals surface area (Å²) in [7, 11) is 0. The zero-order valence-corrected chi connectivity index (χ0v) is 13.2. The fraction of sp³-hybridized carbons (Fsp3) is 0.214. The van der Waals surface area contributed by atoms with Crippen molar-refractivity contribution in [2.45, 2.75) is 18.9 Å². The van der Waals surface area contributed by atoms with Crippen LogP contribution in [0.2, 0.25) is 0 Å². The summed E-state index contributed by atoms with van der Waals surface area (Å²) < 4.78 is 3.14. The number of hydrazine groups is 1. The Morgan fingerprint density at radius 2 is 2.10 bits per heavy atom. The summed E-state index contributed by atoms with van der Waals surface area (Å²) in [5.74, 6) is 5.68. The Morgan fingerprint density at radius 1 is 1.30 bits per heavy atom. The zero-order valence-electron chi connectivity index (χ0n) is 10.8. The van der Waals surface area contributed by atoms with E-state index in [-0.39, 0.29) is 6.04 Å². The zero-order chi connectivity index (χ0) is 13.9. The Hall–Kier alpha value is -1.21. The van der Waals surface area contributed by atoms with Crippen LogP contribution in [0, 0.1) is 0 Å². The monoisotopic (exact) mass is 350 g/mol.